The summed E-state index contributed by atoms with van der Waals surface area (Å²) in [6.45, 7) is 4.61. The first-order chi connectivity index (χ1) is 17.3. The topological polar surface area (TPSA) is 9.23 Å². The van der Waals surface area contributed by atoms with E-state index in [0.29, 0.717) is 6.10 Å². The fraction of sp³-hybridized carbons (Fsp3) is 1.00. The van der Waals surface area contributed by atoms with Crippen LogP contribution in [0.15, 0.2) is 0 Å². The van der Waals surface area contributed by atoms with Crippen molar-refractivity contribution in [3.63, 3.8) is 0 Å². The van der Waals surface area contributed by atoms with E-state index in [1.165, 1.54) is 193 Å². The van der Waals surface area contributed by atoms with Crippen LogP contribution >= 0.6 is 0 Å². The summed E-state index contributed by atoms with van der Waals surface area (Å²) in [7, 11) is 1.93. The molecule has 0 saturated heterocycles. The van der Waals surface area contributed by atoms with Crippen molar-refractivity contribution in [1.29, 1.82) is 0 Å². The lowest BCUT2D eigenvalue weighted by Crippen LogP contribution is -2.10. The lowest BCUT2D eigenvalue weighted by molar-refractivity contribution is 0.0831. The predicted molar refractivity (Wildman–Crippen MR) is 161 cm³/mol. The van der Waals surface area contributed by atoms with Crippen LogP contribution in [0.25, 0.3) is 0 Å². The molecule has 0 aromatic rings. The fourth-order valence-corrected chi connectivity index (χ4v) is 5.51. The van der Waals surface area contributed by atoms with E-state index < -0.39 is 0 Å². The first-order valence-corrected chi connectivity index (χ1v) is 16.9. The van der Waals surface area contributed by atoms with Crippen molar-refractivity contribution in [2.75, 3.05) is 7.11 Å². The molecule has 0 atom stereocenters. The summed E-state index contributed by atoms with van der Waals surface area (Å²) in [5.41, 5.74) is 0. The molecule has 0 aliphatic carbocycles. The highest BCUT2D eigenvalue weighted by atomic mass is 16.5. The Kier molecular flexibility index (Phi) is 32.0. The first kappa shape index (κ1) is 35.0. The van der Waals surface area contributed by atoms with Crippen LogP contribution in [0, 0.1) is 0 Å². The van der Waals surface area contributed by atoms with Crippen LogP contribution < -0.4 is 0 Å². The molecule has 0 aliphatic heterocycles. The number of rotatable bonds is 31. The van der Waals surface area contributed by atoms with Gasteiger partial charge in [0, 0.05) is 7.11 Å². The third kappa shape index (κ3) is 30.1. The Labute approximate surface area is 224 Å². The smallest absolute Gasteiger partial charge is 0.0571 e. The van der Waals surface area contributed by atoms with Crippen LogP contribution in [-0.4, -0.2) is 13.2 Å². The van der Waals surface area contributed by atoms with Crippen LogP contribution in [0.2, 0.25) is 0 Å². The molecule has 1 nitrogen and oxygen atoms in total. The Morgan fingerprint density at radius 3 is 0.714 bits per heavy atom. The van der Waals surface area contributed by atoms with Gasteiger partial charge >= 0.3 is 0 Å². The minimum atomic E-state index is 0.518. The quantitative estimate of drug-likeness (QED) is 0.0870. The highest BCUT2D eigenvalue weighted by Crippen LogP contribution is 2.18. The van der Waals surface area contributed by atoms with Gasteiger partial charge in [0.25, 0.3) is 0 Å². The highest BCUT2D eigenvalue weighted by molar-refractivity contribution is 4.60. The zero-order chi connectivity index (χ0) is 25.5. The summed E-state index contributed by atoms with van der Waals surface area (Å²) in [4.78, 5) is 0. The monoisotopic (exact) mass is 495 g/mol. The van der Waals surface area contributed by atoms with Gasteiger partial charge in [0.2, 0.25) is 0 Å². The third-order valence-electron chi connectivity index (χ3n) is 8.09. The van der Waals surface area contributed by atoms with E-state index in [1.54, 1.807) is 0 Å². The van der Waals surface area contributed by atoms with E-state index in [4.69, 9.17) is 4.74 Å². The maximum Gasteiger partial charge on any atom is 0.0571 e. The van der Waals surface area contributed by atoms with Crippen molar-refractivity contribution in [2.45, 2.75) is 213 Å². The molecule has 35 heavy (non-hydrogen) atoms. The molecule has 0 N–H and O–H groups in total. The van der Waals surface area contributed by atoms with Gasteiger partial charge in [-0.1, -0.05) is 194 Å². The molecule has 0 unspecified atom stereocenters. The highest BCUT2D eigenvalue weighted by Gasteiger charge is 2.06. The molecule has 212 valence electrons. The number of hydrogen-bond donors (Lipinski definition) is 0. The lowest BCUT2D eigenvalue weighted by Gasteiger charge is -2.15. The third-order valence-corrected chi connectivity index (χ3v) is 8.09. The van der Waals surface area contributed by atoms with Crippen LogP contribution in [0.5, 0.6) is 0 Å². The molecular weight excluding hydrogens is 424 g/mol. The second-order valence-corrected chi connectivity index (χ2v) is 11.6. The second-order valence-electron chi connectivity index (χ2n) is 11.6. The zero-order valence-corrected chi connectivity index (χ0v) is 25.2. The van der Waals surface area contributed by atoms with Crippen LogP contribution in [0.4, 0.5) is 0 Å². The van der Waals surface area contributed by atoms with Gasteiger partial charge in [-0.15, -0.1) is 0 Å². The fourth-order valence-electron chi connectivity index (χ4n) is 5.51. The molecule has 0 rings (SSSR count). The van der Waals surface area contributed by atoms with Crippen LogP contribution in [-0.2, 0) is 4.74 Å². The number of ether oxygens (including phenoxy) is 1. The van der Waals surface area contributed by atoms with E-state index in [2.05, 4.69) is 13.8 Å². The van der Waals surface area contributed by atoms with Gasteiger partial charge < -0.3 is 4.74 Å². The summed E-state index contributed by atoms with van der Waals surface area (Å²) < 4.78 is 5.78. The standard InChI is InChI=1S/C34H70O/c1-4-6-8-10-12-14-16-18-20-22-24-26-28-30-32-34(35-3)33-31-29-27-25-23-21-19-17-15-13-11-9-7-5-2/h34H,4-33H2,1-3H3. The van der Waals surface area contributed by atoms with E-state index in [9.17, 15) is 0 Å². The Hall–Kier alpha value is -0.0400. The van der Waals surface area contributed by atoms with Crippen molar-refractivity contribution < 1.29 is 4.74 Å². The molecule has 0 fully saturated rings. The largest absolute Gasteiger partial charge is 0.381 e. The van der Waals surface area contributed by atoms with Gasteiger partial charge in [0.1, 0.15) is 0 Å². The summed E-state index contributed by atoms with van der Waals surface area (Å²) in [6.07, 6.45) is 43.5. The molecular formula is C34H70O. The van der Waals surface area contributed by atoms with Crippen LogP contribution in [0.3, 0.4) is 0 Å². The van der Waals surface area contributed by atoms with Gasteiger partial charge in [-0.05, 0) is 12.8 Å². The molecule has 0 aromatic carbocycles. The average molecular weight is 495 g/mol. The van der Waals surface area contributed by atoms with Crippen molar-refractivity contribution in [1.82, 2.24) is 0 Å². The van der Waals surface area contributed by atoms with Gasteiger partial charge in [0.05, 0.1) is 6.10 Å². The molecule has 0 spiro atoms. The first-order valence-electron chi connectivity index (χ1n) is 16.9. The molecule has 1 heteroatoms. The van der Waals surface area contributed by atoms with Crippen LogP contribution in [0.1, 0.15) is 206 Å². The van der Waals surface area contributed by atoms with Crippen molar-refractivity contribution >= 4 is 0 Å². The summed E-state index contributed by atoms with van der Waals surface area (Å²) in [5, 5.41) is 0. The number of methoxy groups -OCH3 is 1. The molecule has 0 bridgehead atoms. The second kappa shape index (κ2) is 32.0. The zero-order valence-electron chi connectivity index (χ0n) is 25.2. The molecule has 0 aliphatic rings. The Morgan fingerprint density at radius 1 is 0.314 bits per heavy atom. The number of unbranched alkanes of at least 4 members (excludes halogenated alkanes) is 26. The maximum atomic E-state index is 5.78. The summed E-state index contributed by atoms with van der Waals surface area (Å²) >= 11 is 0. The van der Waals surface area contributed by atoms with Crippen molar-refractivity contribution in [3.05, 3.63) is 0 Å². The predicted octanol–water partition coefficient (Wildman–Crippen LogP) is 12.7. The van der Waals surface area contributed by atoms with Gasteiger partial charge in [-0.3, -0.25) is 0 Å². The normalized spacial score (nSPS) is 11.7. The van der Waals surface area contributed by atoms with E-state index >= 15 is 0 Å². The average Bonchev–Trinajstić information content (AvgIpc) is 2.87. The van der Waals surface area contributed by atoms with Gasteiger partial charge in [-0.25, -0.2) is 0 Å². The number of hydrogen-bond acceptors (Lipinski definition) is 1. The van der Waals surface area contributed by atoms with Gasteiger partial charge in [0.15, 0.2) is 0 Å². The van der Waals surface area contributed by atoms with E-state index in [1.807, 2.05) is 7.11 Å². The molecule has 0 saturated carbocycles. The summed E-state index contributed by atoms with van der Waals surface area (Å²) in [5.74, 6) is 0. The van der Waals surface area contributed by atoms with Gasteiger partial charge in [-0.2, -0.15) is 0 Å². The Bertz CT molecular complexity index is 320. The lowest BCUT2D eigenvalue weighted by atomic mass is 10.0. The minimum Gasteiger partial charge on any atom is -0.381 e. The van der Waals surface area contributed by atoms with E-state index in [0.717, 1.165) is 0 Å². The summed E-state index contributed by atoms with van der Waals surface area (Å²) in [6, 6.07) is 0. The molecule has 0 radical (unpaired) electrons. The van der Waals surface area contributed by atoms with E-state index in [-0.39, 0.29) is 0 Å². The van der Waals surface area contributed by atoms with Crippen molar-refractivity contribution in [3.8, 4) is 0 Å². The Morgan fingerprint density at radius 2 is 0.514 bits per heavy atom. The Balaban J connectivity index is 3.25. The maximum absolute atomic E-state index is 5.78. The van der Waals surface area contributed by atoms with Crippen molar-refractivity contribution in [2.24, 2.45) is 0 Å². The molecule has 0 aromatic heterocycles. The molecule has 0 heterocycles. The SMILES string of the molecule is CCCCCCCCCCCCCCCCC(CCCCCCCCCCCCCCCC)OC. The minimum absolute atomic E-state index is 0.518. The molecule has 0 amide bonds.